The zero-order valence-corrected chi connectivity index (χ0v) is 11.9. The molecule has 1 aliphatic rings. The maximum Gasteiger partial charge on any atom is 0.293 e. The number of aryl methyl sites for hydroxylation is 1. The van der Waals surface area contributed by atoms with Crippen molar-refractivity contribution in [2.45, 2.75) is 53.6 Å². The lowest BCUT2D eigenvalue weighted by Crippen LogP contribution is -2.26. The van der Waals surface area contributed by atoms with E-state index in [1.807, 2.05) is 0 Å². The maximum absolute atomic E-state index is 12.2. The van der Waals surface area contributed by atoms with Crippen LogP contribution in [0.2, 0.25) is 0 Å². The van der Waals surface area contributed by atoms with Crippen molar-refractivity contribution in [1.82, 2.24) is 9.55 Å². The monoisotopic (exact) mass is 249 g/mol. The molecule has 0 radical (unpaired) electrons. The van der Waals surface area contributed by atoms with E-state index in [0.29, 0.717) is 11.9 Å². The van der Waals surface area contributed by atoms with Crippen LogP contribution in [0.15, 0.2) is 17.2 Å². The first-order valence-corrected chi connectivity index (χ1v) is 6.64. The molecule has 4 nitrogen and oxygen atoms in total. The van der Waals surface area contributed by atoms with Crippen molar-refractivity contribution in [1.29, 1.82) is 0 Å². The van der Waals surface area contributed by atoms with E-state index >= 15 is 0 Å². The van der Waals surface area contributed by atoms with Crippen LogP contribution in [0.4, 0.5) is 5.82 Å². The number of nitrogens with one attached hydrogen (secondary N) is 1. The van der Waals surface area contributed by atoms with Gasteiger partial charge >= 0.3 is 0 Å². The van der Waals surface area contributed by atoms with Gasteiger partial charge in [-0.15, -0.1) is 0 Å². The average molecular weight is 249 g/mol. The van der Waals surface area contributed by atoms with E-state index in [2.05, 4.69) is 44.9 Å². The van der Waals surface area contributed by atoms with Crippen molar-refractivity contribution >= 4 is 5.82 Å². The summed E-state index contributed by atoms with van der Waals surface area (Å²) in [6.45, 7) is 11.7. The van der Waals surface area contributed by atoms with Gasteiger partial charge in [0.1, 0.15) is 0 Å². The maximum atomic E-state index is 12.2. The molecule has 1 aromatic heterocycles. The Morgan fingerprint density at radius 2 is 1.94 bits per heavy atom. The van der Waals surface area contributed by atoms with E-state index in [1.54, 1.807) is 17.0 Å². The Kier molecular flexibility index (Phi) is 2.99. The molecule has 0 aliphatic heterocycles. The molecule has 0 atom stereocenters. The van der Waals surface area contributed by atoms with Crippen LogP contribution < -0.4 is 10.9 Å². The summed E-state index contributed by atoms with van der Waals surface area (Å²) in [5, 5.41) is 3.32. The van der Waals surface area contributed by atoms with Gasteiger partial charge in [0, 0.05) is 25.0 Å². The standard InChI is InChI=1S/C14H23N3O/c1-6-8-17-9-7-15-10(11(17)18)16-12-13(2,3)14(12,4)5/h7,9,12H,6,8H2,1-5H3,(H,15,16). The van der Waals surface area contributed by atoms with Crippen LogP contribution in [0.5, 0.6) is 0 Å². The molecule has 2 rings (SSSR count). The van der Waals surface area contributed by atoms with Gasteiger partial charge in [-0.25, -0.2) is 4.98 Å². The van der Waals surface area contributed by atoms with Gasteiger partial charge in [0.25, 0.3) is 5.56 Å². The molecule has 18 heavy (non-hydrogen) atoms. The van der Waals surface area contributed by atoms with Crippen LogP contribution in [0, 0.1) is 10.8 Å². The first-order chi connectivity index (χ1) is 8.32. The summed E-state index contributed by atoms with van der Waals surface area (Å²) in [4.78, 5) is 16.4. The molecular weight excluding hydrogens is 226 g/mol. The van der Waals surface area contributed by atoms with Crippen LogP contribution in [0.25, 0.3) is 0 Å². The van der Waals surface area contributed by atoms with Gasteiger partial charge in [-0.3, -0.25) is 4.79 Å². The highest BCUT2D eigenvalue weighted by Crippen LogP contribution is 2.63. The topological polar surface area (TPSA) is 46.9 Å². The lowest BCUT2D eigenvalue weighted by Gasteiger charge is -2.09. The largest absolute Gasteiger partial charge is 0.362 e. The minimum absolute atomic E-state index is 0.0159. The molecule has 0 aromatic carbocycles. The Morgan fingerprint density at radius 3 is 2.44 bits per heavy atom. The van der Waals surface area contributed by atoms with E-state index in [9.17, 15) is 4.79 Å². The number of hydrogen-bond donors (Lipinski definition) is 1. The lowest BCUT2D eigenvalue weighted by atomic mass is 10.0. The summed E-state index contributed by atoms with van der Waals surface area (Å²) in [7, 11) is 0. The molecule has 0 unspecified atom stereocenters. The molecule has 100 valence electrons. The minimum atomic E-state index is -0.0159. The fraction of sp³-hybridized carbons (Fsp3) is 0.714. The molecule has 0 bridgehead atoms. The third kappa shape index (κ3) is 1.84. The Hall–Kier alpha value is -1.32. The fourth-order valence-electron chi connectivity index (χ4n) is 2.66. The highest BCUT2D eigenvalue weighted by Gasteiger charge is 2.65. The van der Waals surface area contributed by atoms with E-state index in [-0.39, 0.29) is 16.4 Å². The Labute approximate surface area is 108 Å². The molecule has 1 aromatic rings. The van der Waals surface area contributed by atoms with E-state index in [1.165, 1.54) is 0 Å². The zero-order valence-electron chi connectivity index (χ0n) is 11.9. The second-order valence-corrected chi connectivity index (χ2v) is 6.30. The van der Waals surface area contributed by atoms with Gasteiger partial charge in [0.15, 0.2) is 5.82 Å². The van der Waals surface area contributed by atoms with Gasteiger partial charge in [-0.05, 0) is 17.3 Å². The SMILES string of the molecule is CCCn1ccnc(NC2C(C)(C)C2(C)C)c1=O. The Morgan fingerprint density at radius 1 is 1.33 bits per heavy atom. The summed E-state index contributed by atoms with van der Waals surface area (Å²) < 4.78 is 1.72. The van der Waals surface area contributed by atoms with Gasteiger partial charge in [0.2, 0.25) is 0 Å². The predicted molar refractivity (Wildman–Crippen MR) is 73.8 cm³/mol. The van der Waals surface area contributed by atoms with E-state index in [0.717, 1.165) is 13.0 Å². The number of hydrogen-bond acceptors (Lipinski definition) is 3. The molecule has 1 saturated carbocycles. The number of rotatable bonds is 4. The molecule has 4 heteroatoms. The molecular formula is C14H23N3O. The molecule has 1 N–H and O–H groups in total. The van der Waals surface area contributed by atoms with Crippen molar-refractivity contribution in [3.63, 3.8) is 0 Å². The second kappa shape index (κ2) is 4.11. The summed E-state index contributed by atoms with van der Waals surface area (Å²) in [5.74, 6) is 0.481. The third-order valence-electron chi connectivity index (χ3n) is 4.68. The van der Waals surface area contributed by atoms with Gasteiger partial charge in [-0.2, -0.15) is 0 Å². The number of anilines is 1. The van der Waals surface area contributed by atoms with Gasteiger partial charge in [0.05, 0.1) is 0 Å². The van der Waals surface area contributed by atoms with Crippen molar-refractivity contribution in [3.05, 3.63) is 22.7 Å². The van der Waals surface area contributed by atoms with Crippen LogP contribution in [-0.4, -0.2) is 15.6 Å². The quantitative estimate of drug-likeness (QED) is 0.892. The molecule has 0 amide bonds. The molecule has 0 saturated heterocycles. The zero-order chi connectivity index (χ0) is 13.6. The molecule has 1 heterocycles. The van der Waals surface area contributed by atoms with Crippen LogP contribution in [0.3, 0.4) is 0 Å². The molecule has 1 fully saturated rings. The Bertz CT molecular complexity index is 488. The van der Waals surface area contributed by atoms with Crippen LogP contribution >= 0.6 is 0 Å². The predicted octanol–water partition coefficient (Wildman–Crippen LogP) is 2.50. The summed E-state index contributed by atoms with van der Waals surface area (Å²) in [5.41, 5.74) is 0.386. The van der Waals surface area contributed by atoms with Crippen molar-refractivity contribution in [2.24, 2.45) is 10.8 Å². The van der Waals surface area contributed by atoms with Crippen molar-refractivity contribution in [2.75, 3.05) is 5.32 Å². The summed E-state index contributed by atoms with van der Waals surface area (Å²) in [6.07, 6.45) is 4.39. The minimum Gasteiger partial charge on any atom is -0.362 e. The van der Waals surface area contributed by atoms with Crippen LogP contribution in [0.1, 0.15) is 41.0 Å². The summed E-state index contributed by atoms with van der Waals surface area (Å²) in [6, 6.07) is 0.308. The first kappa shape index (κ1) is 13.1. The highest BCUT2D eigenvalue weighted by molar-refractivity contribution is 5.40. The Balaban J connectivity index is 2.22. The van der Waals surface area contributed by atoms with Gasteiger partial charge in [-0.1, -0.05) is 34.6 Å². The first-order valence-electron chi connectivity index (χ1n) is 6.64. The third-order valence-corrected chi connectivity index (χ3v) is 4.68. The van der Waals surface area contributed by atoms with E-state index in [4.69, 9.17) is 0 Å². The lowest BCUT2D eigenvalue weighted by molar-refractivity contribution is 0.457. The van der Waals surface area contributed by atoms with E-state index < -0.39 is 0 Å². The van der Waals surface area contributed by atoms with Crippen molar-refractivity contribution < 1.29 is 0 Å². The number of aromatic nitrogens is 2. The summed E-state index contributed by atoms with van der Waals surface area (Å²) >= 11 is 0. The van der Waals surface area contributed by atoms with Crippen LogP contribution in [-0.2, 0) is 6.54 Å². The average Bonchev–Trinajstić information content (AvgIpc) is 2.66. The van der Waals surface area contributed by atoms with Crippen molar-refractivity contribution in [3.8, 4) is 0 Å². The number of nitrogens with zero attached hydrogens (tertiary/aromatic N) is 2. The smallest absolute Gasteiger partial charge is 0.293 e. The fourth-order valence-corrected chi connectivity index (χ4v) is 2.66. The highest BCUT2D eigenvalue weighted by atomic mass is 16.1. The normalized spacial score (nSPS) is 20.7. The molecule has 1 aliphatic carbocycles. The van der Waals surface area contributed by atoms with Gasteiger partial charge < -0.3 is 9.88 Å². The molecule has 0 spiro atoms. The second-order valence-electron chi connectivity index (χ2n) is 6.30.